The Balaban J connectivity index is 1.84. The first kappa shape index (κ1) is 11.4. The second-order valence-corrected chi connectivity index (χ2v) is 4.53. The van der Waals surface area contributed by atoms with Crippen LogP contribution in [0.25, 0.3) is 11.6 Å². The first-order chi connectivity index (χ1) is 8.88. The van der Waals surface area contributed by atoms with E-state index in [2.05, 4.69) is 20.6 Å². The zero-order valence-electron chi connectivity index (χ0n) is 10.5. The van der Waals surface area contributed by atoms with E-state index in [4.69, 9.17) is 4.52 Å². The molecule has 1 atom stereocenters. The predicted molar refractivity (Wildman–Crippen MR) is 66.0 cm³/mol. The summed E-state index contributed by atoms with van der Waals surface area (Å²) in [5, 5.41) is 11.7. The maximum Gasteiger partial charge on any atom is 0.276 e. The van der Waals surface area contributed by atoms with Gasteiger partial charge in [-0.05, 0) is 32.4 Å². The zero-order valence-corrected chi connectivity index (χ0v) is 10.5. The topological polar surface area (TPSA) is 68.8 Å². The summed E-state index contributed by atoms with van der Waals surface area (Å²) >= 11 is 0. The van der Waals surface area contributed by atoms with Gasteiger partial charge in [0.2, 0.25) is 0 Å². The lowest BCUT2D eigenvalue weighted by Crippen LogP contribution is -2.28. The van der Waals surface area contributed by atoms with Gasteiger partial charge in [0.1, 0.15) is 5.69 Å². The average Bonchev–Trinajstić information content (AvgIpc) is 3.08. The molecular formula is C12H17N5O. The van der Waals surface area contributed by atoms with Crippen LogP contribution in [0.5, 0.6) is 0 Å². The van der Waals surface area contributed by atoms with E-state index in [9.17, 15) is 0 Å². The maximum atomic E-state index is 5.36. The van der Waals surface area contributed by atoms with Crippen molar-refractivity contribution < 1.29 is 4.52 Å². The van der Waals surface area contributed by atoms with Crippen molar-refractivity contribution in [3.63, 3.8) is 0 Å². The van der Waals surface area contributed by atoms with Crippen molar-refractivity contribution in [2.24, 2.45) is 0 Å². The minimum absolute atomic E-state index is 0.370. The summed E-state index contributed by atoms with van der Waals surface area (Å²) in [4.78, 5) is 4.51. The van der Waals surface area contributed by atoms with Gasteiger partial charge in [-0.1, -0.05) is 5.16 Å². The Hall–Kier alpha value is -1.69. The van der Waals surface area contributed by atoms with Crippen molar-refractivity contribution in [3.05, 3.63) is 18.1 Å². The minimum atomic E-state index is 0.370. The third-order valence-corrected chi connectivity index (χ3v) is 3.34. The van der Waals surface area contributed by atoms with E-state index in [0.717, 1.165) is 37.6 Å². The lowest BCUT2D eigenvalue weighted by molar-refractivity contribution is 0.391. The van der Waals surface area contributed by atoms with E-state index in [1.54, 1.807) is 6.20 Å². The normalized spacial score (nSPS) is 20.2. The van der Waals surface area contributed by atoms with E-state index in [0.29, 0.717) is 11.8 Å². The highest BCUT2D eigenvalue weighted by Crippen LogP contribution is 2.23. The van der Waals surface area contributed by atoms with E-state index < -0.39 is 0 Å². The summed E-state index contributed by atoms with van der Waals surface area (Å²) < 4.78 is 7.21. The van der Waals surface area contributed by atoms with Crippen LogP contribution in [0.2, 0.25) is 0 Å². The first-order valence-electron chi connectivity index (χ1n) is 6.45. The number of aromatic nitrogens is 4. The highest BCUT2D eigenvalue weighted by molar-refractivity contribution is 5.46. The minimum Gasteiger partial charge on any atom is -0.332 e. The van der Waals surface area contributed by atoms with Gasteiger partial charge in [-0.3, -0.25) is 4.68 Å². The van der Waals surface area contributed by atoms with E-state index >= 15 is 0 Å². The number of hydrogen-bond acceptors (Lipinski definition) is 5. The molecular weight excluding hydrogens is 230 g/mol. The fourth-order valence-corrected chi connectivity index (χ4v) is 2.34. The van der Waals surface area contributed by atoms with Crippen LogP contribution < -0.4 is 5.32 Å². The third kappa shape index (κ3) is 2.03. The highest BCUT2D eigenvalue weighted by Gasteiger charge is 2.22. The van der Waals surface area contributed by atoms with Gasteiger partial charge in [-0.25, -0.2) is 0 Å². The summed E-state index contributed by atoms with van der Waals surface area (Å²) in [5.41, 5.74) is 0.889. The number of nitrogens with zero attached hydrogens (tertiary/aromatic N) is 4. The van der Waals surface area contributed by atoms with Crippen LogP contribution >= 0.6 is 0 Å². The molecule has 1 saturated heterocycles. The standard InChI is InChI=1S/C12H17N5O/c1-2-17-10(5-7-14-17)12-15-11(16-18-12)9-4-3-6-13-8-9/h5,7,9,13H,2-4,6,8H2,1H3. The molecule has 1 N–H and O–H groups in total. The number of hydrogen-bond donors (Lipinski definition) is 1. The second-order valence-electron chi connectivity index (χ2n) is 4.53. The lowest BCUT2D eigenvalue weighted by atomic mass is 9.99. The molecule has 0 bridgehead atoms. The van der Waals surface area contributed by atoms with Gasteiger partial charge in [-0.15, -0.1) is 0 Å². The van der Waals surface area contributed by atoms with Gasteiger partial charge in [0.05, 0.1) is 0 Å². The first-order valence-corrected chi connectivity index (χ1v) is 6.45. The van der Waals surface area contributed by atoms with Crippen LogP contribution in [0, 0.1) is 0 Å². The smallest absolute Gasteiger partial charge is 0.276 e. The Labute approximate surface area is 105 Å². The molecule has 1 aliphatic rings. The van der Waals surface area contributed by atoms with Crippen LogP contribution in [-0.4, -0.2) is 33.0 Å². The Morgan fingerprint density at radius 3 is 3.28 bits per heavy atom. The monoisotopic (exact) mass is 247 g/mol. The summed E-state index contributed by atoms with van der Waals surface area (Å²) in [6.07, 6.45) is 4.05. The Morgan fingerprint density at radius 1 is 1.56 bits per heavy atom. The van der Waals surface area contributed by atoms with E-state index in [1.807, 2.05) is 17.7 Å². The lowest BCUT2D eigenvalue weighted by Gasteiger charge is -2.19. The van der Waals surface area contributed by atoms with Crippen LogP contribution in [0.4, 0.5) is 0 Å². The molecule has 18 heavy (non-hydrogen) atoms. The Kier molecular flexibility index (Phi) is 3.10. The van der Waals surface area contributed by atoms with Crippen molar-refractivity contribution in [1.29, 1.82) is 0 Å². The fourth-order valence-electron chi connectivity index (χ4n) is 2.34. The molecule has 0 amide bonds. The molecule has 6 heteroatoms. The van der Waals surface area contributed by atoms with Gasteiger partial charge < -0.3 is 9.84 Å². The molecule has 1 fully saturated rings. The van der Waals surface area contributed by atoms with Crippen molar-refractivity contribution in [1.82, 2.24) is 25.2 Å². The number of aryl methyl sites for hydroxylation is 1. The van der Waals surface area contributed by atoms with Crippen LogP contribution in [0.1, 0.15) is 31.5 Å². The molecule has 96 valence electrons. The summed E-state index contributed by atoms with van der Waals surface area (Å²) in [5.74, 6) is 1.74. The van der Waals surface area contributed by atoms with Crippen LogP contribution in [0.3, 0.4) is 0 Å². The fraction of sp³-hybridized carbons (Fsp3) is 0.583. The Morgan fingerprint density at radius 2 is 2.50 bits per heavy atom. The van der Waals surface area contributed by atoms with Gasteiger partial charge in [0, 0.05) is 25.2 Å². The summed E-state index contributed by atoms with van der Waals surface area (Å²) in [6, 6.07) is 1.90. The molecule has 6 nitrogen and oxygen atoms in total. The maximum absolute atomic E-state index is 5.36. The van der Waals surface area contributed by atoms with E-state index in [1.165, 1.54) is 6.42 Å². The molecule has 2 aromatic rings. The molecule has 0 radical (unpaired) electrons. The highest BCUT2D eigenvalue weighted by atomic mass is 16.5. The van der Waals surface area contributed by atoms with Crippen molar-refractivity contribution >= 4 is 0 Å². The SMILES string of the molecule is CCn1nccc1-c1nc(C2CCCNC2)no1. The second kappa shape index (κ2) is 4.89. The number of piperidine rings is 1. The quantitative estimate of drug-likeness (QED) is 0.888. The van der Waals surface area contributed by atoms with Crippen molar-refractivity contribution in [3.8, 4) is 11.6 Å². The van der Waals surface area contributed by atoms with E-state index in [-0.39, 0.29) is 0 Å². The van der Waals surface area contributed by atoms with Crippen molar-refractivity contribution in [2.45, 2.75) is 32.2 Å². The van der Waals surface area contributed by atoms with Gasteiger partial charge in [0.15, 0.2) is 5.82 Å². The molecule has 0 spiro atoms. The molecule has 1 unspecified atom stereocenters. The molecule has 0 saturated carbocycles. The van der Waals surface area contributed by atoms with Gasteiger partial charge >= 0.3 is 0 Å². The summed E-state index contributed by atoms with van der Waals surface area (Å²) in [6.45, 7) is 4.86. The average molecular weight is 247 g/mol. The van der Waals surface area contributed by atoms with Gasteiger partial charge in [-0.2, -0.15) is 10.1 Å². The molecule has 0 aliphatic carbocycles. The zero-order chi connectivity index (χ0) is 12.4. The molecule has 3 rings (SSSR count). The largest absolute Gasteiger partial charge is 0.332 e. The summed E-state index contributed by atoms with van der Waals surface area (Å²) in [7, 11) is 0. The molecule has 3 heterocycles. The van der Waals surface area contributed by atoms with Crippen LogP contribution in [-0.2, 0) is 6.54 Å². The molecule has 1 aliphatic heterocycles. The molecule has 0 aromatic carbocycles. The Bertz CT molecular complexity index is 512. The van der Waals surface area contributed by atoms with Crippen LogP contribution in [0.15, 0.2) is 16.8 Å². The number of nitrogens with one attached hydrogen (secondary N) is 1. The predicted octanol–water partition coefficient (Wildman–Crippen LogP) is 1.42. The number of rotatable bonds is 3. The van der Waals surface area contributed by atoms with Crippen molar-refractivity contribution in [2.75, 3.05) is 13.1 Å². The third-order valence-electron chi connectivity index (χ3n) is 3.34. The molecule has 2 aromatic heterocycles. The van der Waals surface area contributed by atoms with Gasteiger partial charge in [0.25, 0.3) is 5.89 Å².